The number of alkyl carbamates (subject to hydrolysis) is 1. The van der Waals surface area contributed by atoms with Crippen LogP contribution in [-0.4, -0.2) is 29.9 Å². The van der Waals surface area contributed by atoms with Crippen molar-refractivity contribution in [1.82, 2.24) is 5.32 Å². The van der Waals surface area contributed by atoms with Crippen molar-refractivity contribution < 1.29 is 14.3 Å². The number of carbonyl (C=O) groups excluding carboxylic acids is 1. The first-order valence-corrected chi connectivity index (χ1v) is 5.27. The van der Waals surface area contributed by atoms with E-state index in [0.29, 0.717) is 0 Å². The molecule has 15 heavy (non-hydrogen) atoms. The third-order valence-corrected chi connectivity index (χ3v) is 2.43. The van der Waals surface area contributed by atoms with E-state index in [0.717, 1.165) is 6.42 Å². The number of nitrogens with one attached hydrogen (secondary N) is 1. The first-order chi connectivity index (χ1) is 6.94. The van der Waals surface area contributed by atoms with Crippen LogP contribution in [-0.2, 0) is 9.47 Å². The Balaban J connectivity index is 1.83. The largest absolute Gasteiger partial charge is 0.444 e. The lowest BCUT2D eigenvalue weighted by molar-refractivity contribution is 0.0476. The molecule has 1 amide bonds. The minimum absolute atomic E-state index is 0.0301. The molecule has 0 saturated carbocycles. The van der Waals surface area contributed by atoms with Gasteiger partial charge in [-0.3, -0.25) is 0 Å². The molecule has 2 bridgehead atoms. The molecule has 0 spiro atoms. The van der Waals surface area contributed by atoms with Crippen LogP contribution in [0.2, 0.25) is 0 Å². The normalized spacial score (nSPS) is 33.1. The van der Waals surface area contributed by atoms with Crippen LogP contribution in [0.25, 0.3) is 0 Å². The van der Waals surface area contributed by atoms with Gasteiger partial charge in [0.2, 0.25) is 0 Å². The van der Waals surface area contributed by atoms with Crippen LogP contribution in [0.4, 0.5) is 4.79 Å². The lowest BCUT2D eigenvalue weighted by Gasteiger charge is -2.23. The molecule has 0 aromatic carbocycles. The highest BCUT2D eigenvalue weighted by atomic mass is 16.6. The van der Waals surface area contributed by atoms with E-state index in [1.165, 1.54) is 0 Å². The van der Waals surface area contributed by atoms with E-state index in [9.17, 15) is 4.79 Å². The summed E-state index contributed by atoms with van der Waals surface area (Å²) in [6, 6.07) is 0.0647. The molecular weight excluding hydrogens is 194 g/mol. The Morgan fingerprint density at radius 2 is 2.20 bits per heavy atom. The lowest BCUT2D eigenvalue weighted by atomic mass is 10.0. The molecule has 0 aromatic heterocycles. The zero-order valence-electron chi connectivity index (χ0n) is 9.32. The van der Waals surface area contributed by atoms with Gasteiger partial charge in [-0.05, 0) is 20.8 Å². The fraction of sp³-hybridized carbons (Fsp3) is 0.727. The van der Waals surface area contributed by atoms with Crippen LogP contribution in [0.3, 0.4) is 0 Å². The summed E-state index contributed by atoms with van der Waals surface area (Å²) in [5, 5.41) is 2.83. The molecule has 2 heterocycles. The summed E-state index contributed by atoms with van der Waals surface area (Å²) in [5.41, 5.74) is -0.446. The number of carbonyl (C=O) groups is 1. The minimum atomic E-state index is -0.446. The van der Waals surface area contributed by atoms with Gasteiger partial charge in [0.05, 0.1) is 18.2 Å². The summed E-state index contributed by atoms with van der Waals surface area (Å²) < 4.78 is 10.7. The van der Waals surface area contributed by atoms with Gasteiger partial charge in [0.15, 0.2) is 0 Å². The van der Waals surface area contributed by atoms with Crippen molar-refractivity contribution in [2.45, 2.75) is 51.0 Å². The van der Waals surface area contributed by atoms with Crippen LogP contribution in [0, 0.1) is 0 Å². The van der Waals surface area contributed by atoms with E-state index in [1.54, 1.807) is 0 Å². The molecule has 4 nitrogen and oxygen atoms in total. The van der Waals surface area contributed by atoms with Gasteiger partial charge in [0.1, 0.15) is 5.60 Å². The van der Waals surface area contributed by atoms with Crippen molar-refractivity contribution in [2.24, 2.45) is 0 Å². The summed E-state index contributed by atoms with van der Waals surface area (Å²) in [5.74, 6) is 0. The fourth-order valence-corrected chi connectivity index (χ4v) is 1.87. The van der Waals surface area contributed by atoms with Crippen molar-refractivity contribution in [3.63, 3.8) is 0 Å². The predicted molar refractivity (Wildman–Crippen MR) is 55.6 cm³/mol. The van der Waals surface area contributed by atoms with Crippen LogP contribution < -0.4 is 5.32 Å². The number of amides is 1. The van der Waals surface area contributed by atoms with Crippen molar-refractivity contribution in [3.05, 3.63) is 12.2 Å². The quantitative estimate of drug-likeness (QED) is 0.670. The third-order valence-electron chi connectivity index (χ3n) is 2.43. The molecule has 0 aromatic rings. The summed E-state index contributed by atoms with van der Waals surface area (Å²) in [6.07, 6.45) is 4.73. The van der Waals surface area contributed by atoms with Gasteiger partial charge < -0.3 is 14.8 Å². The van der Waals surface area contributed by atoms with Crippen LogP contribution in [0.5, 0.6) is 0 Å². The van der Waals surface area contributed by atoms with Crippen molar-refractivity contribution in [1.29, 1.82) is 0 Å². The number of ether oxygens (including phenoxy) is 2. The second-order valence-corrected chi connectivity index (χ2v) is 5.01. The summed E-state index contributed by atoms with van der Waals surface area (Å²) in [6.45, 7) is 5.55. The second-order valence-electron chi connectivity index (χ2n) is 5.01. The first-order valence-electron chi connectivity index (χ1n) is 5.27. The Morgan fingerprint density at radius 1 is 1.47 bits per heavy atom. The fourth-order valence-electron chi connectivity index (χ4n) is 1.87. The van der Waals surface area contributed by atoms with Gasteiger partial charge >= 0.3 is 6.09 Å². The highest BCUT2D eigenvalue weighted by Crippen LogP contribution is 2.28. The zero-order chi connectivity index (χ0) is 11.1. The molecule has 0 unspecified atom stereocenters. The second kappa shape index (κ2) is 3.52. The monoisotopic (exact) mass is 211 g/mol. The molecule has 2 aliphatic rings. The molecule has 3 atom stereocenters. The molecule has 84 valence electrons. The van der Waals surface area contributed by atoms with Gasteiger partial charge in [0, 0.05) is 6.42 Å². The highest BCUT2D eigenvalue weighted by molar-refractivity contribution is 5.68. The van der Waals surface area contributed by atoms with E-state index < -0.39 is 5.60 Å². The Bertz CT molecular complexity index is 293. The molecule has 0 aliphatic carbocycles. The molecule has 1 N–H and O–H groups in total. The Morgan fingerprint density at radius 3 is 2.67 bits per heavy atom. The molecule has 4 heteroatoms. The third kappa shape index (κ3) is 2.50. The van der Waals surface area contributed by atoms with E-state index in [-0.39, 0.29) is 24.3 Å². The Hall–Kier alpha value is -1.03. The van der Waals surface area contributed by atoms with Gasteiger partial charge in [-0.1, -0.05) is 12.2 Å². The zero-order valence-corrected chi connectivity index (χ0v) is 9.32. The highest BCUT2D eigenvalue weighted by Gasteiger charge is 2.38. The molecule has 2 aliphatic heterocycles. The van der Waals surface area contributed by atoms with Crippen molar-refractivity contribution >= 4 is 6.09 Å². The van der Waals surface area contributed by atoms with E-state index in [2.05, 4.69) is 5.32 Å². The van der Waals surface area contributed by atoms with E-state index in [4.69, 9.17) is 9.47 Å². The van der Waals surface area contributed by atoms with Gasteiger partial charge in [-0.2, -0.15) is 0 Å². The summed E-state index contributed by atoms with van der Waals surface area (Å²) in [7, 11) is 0. The summed E-state index contributed by atoms with van der Waals surface area (Å²) in [4.78, 5) is 11.5. The number of rotatable bonds is 1. The number of hydrogen-bond donors (Lipinski definition) is 1. The van der Waals surface area contributed by atoms with Gasteiger partial charge in [0.25, 0.3) is 0 Å². The standard InChI is InChI=1S/C11H17NO3/c1-11(2,3)15-10(13)12-8-6-7-4-5-9(8)14-7/h4-5,7-9H,6H2,1-3H3,(H,12,13)/t7-,8+,9+/m1/s1. The van der Waals surface area contributed by atoms with Gasteiger partial charge in [-0.25, -0.2) is 4.79 Å². The number of hydrogen-bond acceptors (Lipinski definition) is 3. The van der Waals surface area contributed by atoms with Crippen LogP contribution in [0.15, 0.2) is 12.2 Å². The van der Waals surface area contributed by atoms with Crippen LogP contribution in [0.1, 0.15) is 27.2 Å². The maximum Gasteiger partial charge on any atom is 0.407 e. The molecule has 1 saturated heterocycles. The van der Waals surface area contributed by atoms with E-state index in [1.807, 2.05) is 32.9 Å². The average Bonchev–Trinajstić information content (AvgIpc) is 2.60. The molecule has 1 fully saturated rings. The molecular formula is C11H17NO3. The van der Waals surface area contributed by atoms with Crippen LogP contribution >= 0.6 is 0 Å². The van der Waals surface area contributed by atoms with Crippen molar-refractivity contribution in [3.8, 4) is 0 Å². The SMILES string of the molecule is CC(C)(C)OC(=O)N[C@H]1C[C@H]2C=C[C@@H]1O2. The Labute approximate surface area is 89.6 Å². The molecule has 0 radical (unpaired) electrons. The summed E-state index contributed by atoms with van der Waals surface area (Å²) >= 11 is 0. The lowest BCUT2D eigenvalue weighted by Crippen LogP contribution is -2.43. The topological polar surface area (TPSA) is 47.6 Å². The first kappa shape index (κ1) is 10.5. The average molecular weight is 211 g/mol. The van der Waals surface area contributed by atoms with Crippen molar-refractivity contribution in [2.75, 3.05) is 0 Å². The minimum Gasteiger partial charge on any atom is -0.444 e. The Kier molecular flexibility index (Phi) is 2.46. The van der Waals surface area contributed by atoms with Gasteiger partial charge in [-0.15, -0.1) is 0 Å². The maximum atomic E-state index is 11.5. The molecule has 2 rings (SSSR count). The predicted octanol–water partition coefficient (Wildman–Crippen LogP) is 1.61. The maximum absolute atomic E-state index is 11.5. The number of fused-ring (bicyclic) bond motifs is 2. The smallest absolute Gasteiger partial charge is 0.407 e. The van der Waals surface area contributed by atoms with E-state index >= 15 is 0 Å².